The minimum atomic E-state index is -1.34. The number of nitrogens with one attached hydrogen (secondary N) is 1. The van der Waals surface area contributed by atoms with Gasteiger partial charge in [-0.3, -0.25) is 29.3 Å². The number of nitro groups is 1. The van der Waals surface area contributed by atoms with Crippen molar-refractivity contribution >= 4 is 29.4 Å². The first-order valence-electron chi connectivity index (χ1n) is 8.27. The van der Waals surface area contributed by atoms with E-state index in [9.17, 15) is 29.3 Å². The Morgan fingerprint density at radius 3 is 2.25 bits per heavy atom. The van der Waals surface area contributed by atoms with Gasteiger partial charge in [0.25, 0.3) is 11.6 Å². The van der Waals surface area contributed by atoms with Gasteiger partial charge in [0.05, 0.1) is 18.0 Å². The lowest BCUT2D eigenvalue weighted by molar-refractivity contribution is -0.384. The monoisotopic (exact) mass is 395 g/mol. The molecule has 28 heavy (non-hydrogen) atoms. The number of benzene rings is 1. The van der Waals surface area contributed by atoms with Crippen LogP contribution in [0.2, 0.25) is 0 Å². The summed E-state index contributed by atoms with van der Waals surface area (Å²) < 4.78 is 9.45. The first kappa shape index (κ1) is 22.5. The number of non-ortho nitro benzene ring substituents is 1. The number of nitrogens with zero attached hydrogens (tertiary/aromatic N) is 1. The van der Waals surface area contributed by atoms with E-state index in [1.54, 1.807) is 6.92 Å². The van der Waals surface area contributed by atoms with E-state index in [2.05, 4.69) is 10.1 Å². The first-order valence-corrected chi connectivity index (χ1v) is 8.27. The highest BCUT2D eigenvalue weighted by atomic mass is 16.6. The number of ether oxygens (including phenoxy) is 2. The first-order chi connectivity index (χ1) is 13.1. The Bertz CT molecular complexity index is 747. The molecule has 2 amide bonds. The zero-order valence-corrected chi connectivity index (χ0v) is 15.4. The van der Waals surface area contributed by atoms with Gasteiger partial charge in [-0.1, -0.05) is 12.1 Å². The van der Waals surface area contributed by atoms with Crippen LogP contribution in [0, 0.1) is 10.1 Å². The Balaban J connectivity index is 3.15. The molecule has 1 aromatic rings. The number of esters is 2. The smallest absolute Gasteiger partial charge is 0.306 e. The van der Waals surface area contributed by atoms with Gasteiger partial charge in [0.1, 0.15) is 6.04 Å². The zero-order chi connectivity index (χ0) is 21.3. The maximum atomic E-state index is 12.0. The second-order valence-electron chi connectivity index (χ2n) is 5.69. The fourth-order valence-electron chi connectivity index (χ4n) is 2.42. The molecule has 0 spiro atoms. The molecule has 1 rings (SSSR count). The topological polar surface area (TPSA) is 168 Å². The molecule has 0 unspecified atom stereocenters. The van der Waals surface area contributed by atoms with Crippen molar-refractivity contribution in [2.45, 2.75) is 32.2 Å². The average Bonchev–Trinajstić information content (AvgIpc) is 2.63. The molecule has 0 aliphatic heterocycles. The molecule has 0 fully saturated rings. The summed E-state index contributed by atoms with van der Waals surface area (Å²) in [5, 5.41) is 13.1. The molecule has 0 aromatic heterocycles. The highest BCUT2D eigenvalue weighted by Crippen LogP contribution is 2.26. The second kappa shape index (κ2) is 10.6. The number of carbonyl (C=O) groups is 4. The number of nitrogens with two attached hydrogens (primary N) is 1. The summed E-state index contributed by atoms with van der Waals surface area (Å²) in [6, 6.07) is 3.78. The van der Waals surface area contributed by atoms with Gasteiger partial charge in [-0.05, 0) is 12.5 Å². The molecular formula is C17H21N3O8. The van der Waals surface area contributed by atoms with E-state index < -0.39 is 47.2 Å². The fraction of sp³-hybridized carbons (Fsp3) is 0.412. The van der Waals surface area contributed by atoms with Crippen LogP contribution in [-0.4, -0.2) is 47.9 Å². The average molecular weight is 395 g/mol. The minimum Gasteiger partial charge on any atom is -0.466 e. The van der Waals surface area contributed by atoms with E-state index in [1.807, 2.05) is 0 Å². The van der Waals surface area contributed by atoms with Gasteiger partial charge < -0.3 is 20.5 Å². The van der Waals surface area contributed by atoms with Crippen molar-refractivity contribution in [1.82, 2.24) is 5.32 Å². The molecule has 0 bridgehead atoms. The lowest BCUT2D eigenvalue weighted by atomic mass is 9.87. The maximum absolute atomic E-state index is 12.0. The molecule has 152 valence electrons. The van der Waals surface area contributed by atoms with Crippen LogP contribution in [-0.2, 0) is 28.7 Å². The fourth-order valence-corrected chi connectivity index (χ4v) is 2.42. The predicted molar refractivity (Wildman–Crippen MR) is 94.8 cm³/mol. The van der Waals surface area contributed by atoms with Crippen LogP contribution in [0.4, 0.5) is 5.69 Å². The number of carbonyl (C=O) groups excluding carboxylic acids is 4. The summed E-state index contributed by atoms with van der Waals surface area (Å²) in [6.07, 6.45) is -0.312. The van der Waals surface area contributed by atoms with E-state index in [0.29, 0.717) is 5.56 Å². The van der Waals surface area contributed by atoms with Crippen molar-refractivity contribution in [1.29, 1.82) is 0 Å². The molecule has 11 nitrogen and oxygen atoms in total. The van der Waals surface area contributed by atoms with Gasteiger partial charge in [-0.15, -0.1) is 0 Å². The standard InChI is InChI=1S/C17H21N3O8/c1-3-27-15(23)8-13(11-4-6-12(7-5-11)20(25)26)16(17(18)24)19-14(22)9-28-10(2)21/h4-7,13,16H,3,8-9H2,1-2H3,(H2,18,24)(H,19,22)/t13-,16+/m1/s1. The quantitative estimate of drug-likeness (QED) is 0.321. The number of primary amides is 1. The molecule has 0 aliphatic rings. The Morgan fingerprint density at radius 2 is 1.79 bits per heavy atom. The summed E-state index contributed by atoms with van der Waals surface area (Å²) in [7, 11) is 0. The van der Waals surface area contributed by atoms with E-state index in [1.165, 1.54) is 24.3 Å². The van der Waals surface area contributed by atoms with Crippen LogP contribution in [0.1, 0.15) is 31.7 Å². The number of rotatable bonds is 10. The summed E-state index contributed by atoms with van der Waals surface area (Å²) in [6.45, 7) is 2.18. The van der Waals surface area contributed by atoms with Crippen LogP contribution in [0.25, 0.3) is 0 Å². The third-order valence-corrected chi connectivity index (χ3v) is 3.66. The van der Waals surface area contributed by atoms with E-state index in [4.69, 9.17) is 10.5 Å². The summed E-state index contributed by atoms with van der Waals surface area (Å²) in [5.41, 5.74) is 5.56. The van der Waals surface area contributed by atoms with E-state index in [0.717, 1.165) is 6.92 Å². The van der Waals surface area contributed by atoms with Crippen molar-refractivity contribution in [3.63, 3.8) is 0 Å². The Kier molecular flexibility index (Phi) is 8.53. The molecule has 0 radical (unpaired) electrons. The van der Waals surface area contributed by atoms with Crippen LogP contribution in [0.3, 0.4) is 0 Å². The third-order valence-electron chi connectivity index (χ3n) is 3.66. The lowest BCUT2D eigenvalue weighted by Crippen LogP contribution is -2.49. The lowest BCUT2D eigenvalue weighted by Gasteiger charge is -2.25. The Labute approximate surface area is 160 Å². The second-order valence-corrected chi connectivity index (χ2v) is 5.69. The largest absolute Gasteiger partial charge is 0.466 e. The normalized spacial score (nSPS) is 12.4. The number of nitro benzene ring substituents is 1. The highest BCUT2D eigenvalue weighted by Gasteiger charge is 2.32. The van der Waals surface area contributed by atoms with Crippen LogP contribution >= 0.6 is 0 Å². The van der Waals surface area contributed by atoms with Crippen molar-refractivity contribution in [2.24, 2.45) is 5.73 Å². The predicted octanol–water partition coefficient (Wildman–Crippen LogP) is 0.165. The zero-order valence-electron chi connectivity index (χ0n) is 15.4. The van der Waals surface area contributed by atoms with Gasteiger partial charge in [0, 0.05) is 25.0 Å². The van der Waals surface area contributed by atoms with Gasteiger partial charge in [0.15, 0.2) is 6.61 Å². The third kappa shape index (κ3) is 7.02. The molecule has 2 atom stereocenters. The van der Waals surface area contributed by atoms with Crippen molar-refractivity contribution in [3.8, 4) is 0 Å². The van der Waals surface area contributed by atoms with Gasteiger partial charge >= 0.3 is 11.9 Å². The molecule has 1 aromatic carbocycles. The van der Waals surface area contributed by atoms with Gasteiger partial charge in [0.2, 0.25) is 5.91 Å². The Hall–Kier alpha value is -3.50. The van der Waals surface area contributed by atoms with Crippen molar-refractivity contribution in [2.75, 3.05) is 13.2 Å². The molecule has 11 heteroatoms. The molecule has 0 aliphatic carbocycles. The Morgan fingerprint density at radius 1 is 1.18 bits per heavy atom. The van der Waals surface area contributed by atoms with Crippen molar-refractivity contribution < 1.29 is 33.6 Å². The van der Waals surface area contributed by atoms with Gasteiger partial charge in [-0.25, -0.2) is 0 Å². The van der Waals surface area contributed by atoms with Crippen LogP contribution < -0.4 is 11.1 Å². The summed E-state index contributed by atoms with van der Waals surface area (Å²) in [5.74, 6) is -4.02. The molecule has 0 heterocycles. The summed E-state index contributed by atoms with van der Waals surface area (Å²) >= 11 is 0. The van der Waals surface area contributed by atoms with E-state index >= 15 is 0 Å². The molecule has 3 N–H and O–H groups in total. The number of amides is 2. The van der Waals surface area contributed by atoms with E-state index in [-0.39, 0.29) is 18.7 Å². The van der Waals surface area contributed by atoms with Crippen molar-refractivity contribution in [3.05, 3.63) is 39.9 Å². The van der Waals surface area contributed by atoms with Crippen LogP contribution in [0.5, 0.6) is 0 Å². The molecule has 0 saturated heterocycles. The molecular weight excluding hydrogens is 374 g/mol. The minimum absolute atomic E-state index is 0.103. The summed E-state index contributed by atoms with van der Waals surface area (Å²) in [4.78, 5) is 56.9. The number of hydrogen-bond donors (Lipinski definition) is 2. The van der Waals surface area contributed by atoms with Gasteiger partial charge in [-0.2, -0.15) is 0 Å². The SMILES string of the molecule is CCOC(=O)C[C@H](c1ccc([N+](=O)[O-])cc1)[C@H](NC(=O)COC(C)=O)C(N)=O. The highest BCUT2D eigenvalue weighted by molar-refractivity contribution is 5.89. The van der Waals surface area contributed by atoms with Crippen LogP contribution in [0.15, 0.2) is 24.3 Å². The number of hydrogen-bond acceptors (Lipinski definition) is 8. The molecule has 0 saturated carbocycles. The maximum Gasteiger partial charge on any atom is 0.306 e.